The molecule has 0 aromatic carbocycles. The van der Waals surface area contributed by atoms with Gasteiger partial charge in [0.25, 0.3) is 0 Å². The van der Waals surface area contributed by atoms with Gasteiger partial charge in [0.1, 0.15) is 0 Å². The van der Waals surface area contributed by atoms with E-state index in [1.807, 2.05) is 12.4 Å². The number of nitrogens with one attached hydrogen (secondary N) is 2. The summed E-state index contributed by atoms with van der Waals surface area (Å²) in [5.74, 6) is 0.838. The Morgan fingerprint density at radius 1 is 0.957 bits per heavy atom. The van der Waals surface area contributed by atoms with E-state index in [1.54, 1.807) is 29.7 Å². The third-order valence-corrected chi connectivity index (χ3v) is 5.79. The lowest BCUT2D eigenvalue weighted by molar-refractivity contribution is 0.780. The van der Waals surface area contributed by atoms with Gasteiger partial charge in [0.2, 0.25) is 0 Å². The van der Waals surface area contributed by atoms with Crippen molar-refractivity contribution in [2.45, 2.75) is 39.5 Å². The van der Waals surface area contributed by atoms with Gasteiger partial charge in [-0.2, -0.15) is 0 Å². The highest BCUT2D eigenvalue weighted by Gasteiger charge is 2.03. The van der Waals surface area contributed by atoms with Gasteiger partial charge in [-0.15, -0.1) is 22.7 Å². The van der Waals surface area contributed by atoms with Crippen LogP contribution in [-0.4, -0.2) is 36.1 Å². The van der Waals surface area contributed by atoms with Gasteiger partial charge in [-0.05, 0) is 12.8 Å². The van der Waals surface area contributed by atoms with Crippen LogP contribution in [0.25, 0.3) is 0 Å². The average molecular weight is 352 g/mol. The number of nitrogens with zero attached hydrogens (tertiary/aromatic N) is 3. The molecule has 0 spiro atoms. The van der Waals surface area contributed by atoms with Gasteiger partial charge in [0, 0.05) is 55.1 Å². The maximum absolute atomic E-state index is 4.43. The Bertz CT molecular complexity index is 567. The second-order valence-electron chi connectivity index (χ2n) is 5.07. The average Bonchev–Trinajstić information content (AvgIpc) is 3.22. The Kier molecular flexibility index (Phi) is 7.48. The monoisotopic (exact) mass is 351 g/mol. The highest BCUT2D eigenvalue weighted by Crippen LogP contribution is 2.14. The molecular weight excluding hydrogens is 326 g/mol. The molecule has 2 aromatic rings. The third kappa shape index (κ3) is 5.91. The van der Waals surface area contributed by atoms with E-state index in [0.717, 1.165) is 44.7 Å². The van der Waals surface area contributed by atoms with E-state index in [9.17, 15) is 0 Å². The van der Waals surface area contributed by atoms with Crippen LogP contribution in [0, 0.1) is 0 Å². The number of hydrogen-bond acceptors (Lipinski definition) is 5. The summed E-state index contributed by atoms with van der Waals surface area (Å²) in [5, 5.41) is 9.03. The maximum atomic E-state index is 4.43. The summed E-state index contributed by atoms with van der Waals surface area (Å²) < 4.78 is 0. The fourth-order valence-electron chi connectivity index (χ4n) is 2.05. The van der Waals surface area contributed by atoms with Crippen molar-refractivity contribution in [3.63, 3.8) is 0 Å². The number of aromatic nitrogens is 2. The molecule has 2 N–H and O–H groups in total. The smallest absolute Gasteiger partial charge is 0.191 e. The van der Waals surface area contributed by atoms with E-state index in [2.05, 4.69) is 39.4 Å². The molecule has 0 aliphatic carbocycles. The Labute approximate surface area is 146 Å². The van der Waals surface area contributed by atoms with Crippen LogP contribution in [0.4, 0.5) is 0 Å². The van der Waals surface area contributed by atoms with Crippen LogP contribution < -0.4 is 10.6 Å². The molecule has 0 bridgehead atoms. The SMILES string of the molecule is CCc1cnc(CCNC(=NC)NCCc2ncc(CC)s2)s1. The molecule has 126 valence electrons. The first-order valence-corrected chi connectivity index (χ1v) is 9.70. The Morgan fingerprint density at radius 2 is 1.43 bits per heavy atom. The van der Waals surface area contributed by atoms with Gasteiger partial charge in [-0.3, -0.25) is 4.99 Å². The molecule has 23 heavy (non-hydrogen) atoms. The molecule has 0 fully saturated rings. The molecule has 0 radical (unpaired) electrons. The van der Waals surface area contributed by atoms with Gasteiger partial charge in [-0.1, -0.05) is 13.8 Å². The summed E-state index contributed by atoms with van der Waals surface area (Å²) in [7, 11) is 1.80. The lowest BCUT2D eigenvalue weighted by Gasteiger charge is -2.10. The van der Waals surface area contributed by atoms with Crippen molar-refractivity contribution in [1.82, 2.24) is 20.6 Å². The van der Waals surface area contributed by atoms with E-state index in [0.29, 0.717) is 0 Å². The first-order chi connectivity index (χ1) is 11.2. The van der Waals surface area contributed by atoms with E-state index in [4.69, 9.17) is 0 Å². The second kappa shape index (κ2) is 9.62. The molecule has 0 atom stereocenters. The van der Waals surface area contributed by atoms with E-state index < -0.39 is 0 Å². The molecule has 0 aliphatic heterocycles. The van der Waals surface area contributed by atoms with Crippen molar-refractivity contribution >= 4 is 28.6 Å². The second-order valence-corrected chi connectivity index (χ2v) is 7.47. The van der Waals surface area contributed by atoms with E-state index in [-0.39, 0.29) is 0 Å². The van der Waals surface area contributed by atoms with Crippen LogP contribution in [0.2, 0.25) is 0 Å². The minimum Gasteiger partial charge on any atom is -0.356 e. The predicted octanol–water partition coefficient (Wildman–Crippen LogP) is 2.67. The molecule has 5 nitrogen and oxygen atoms in total. The van der Waals surface area contributed by atoms with Crippen LogP contribution in [0.5, 0.6) is 0 Å². The first-order valence-electron chi connectivity index (χ1n) is 8.06. The summed E-state index contributed by atoms with van der Waals surface area (Å²) in [4.78, 5) is 15.8. The standard InChI is InChI=1S/C16H25N5S2/c1-4-12-10-20-14(22-12)6-8-18-16(17-3)19-9-7-15-21-11-13(5-2)23-15/h10-11H,4-9H2,1-3H3,(H2,17,18,19). The van der Waals surface area contributed by atoms with Gasteiger partial charge in [-0.25, -0.2) is 9.97 Å². The van der Waals surface area contributed by atoms with Gasteiger partial charge in [0.05, 0.1) is 10.0 Å². The zero-order valence-corrected chi connectivity index (χ0v) is 15.7. The van der Waals surface area contributed by atoms with Crippen LogP contribution in [0.3, 0.4) is 0 Å². The number of guanidine groups is 1. The molecule has 2 aromatic heterocycles. The van der Waals surface area contributed by atoms with Crippen molar-refractivity contribution < 1.29 is 0 Å². The fourth-order valence-corrected chi connectivity index (χ4v) is 3.77. The van der Waals surface area contributed by atoms with Crippen LogP contribution >= 0.6 is 22.7 Å². The molecule has 0 unspecified atom stereocenters. The largest absolute Gasteiger partial charge is 0.356 e. The Morgan fingerprint density at radius 3 is 1.78 bits per heavy atom. The van der Waals surface area contributed by atoms with Crippen molar-refractivity contribution in [2.24, 2.45) is 4.99 Å². The van der Waals surface area contributed by atoms with Gasteiger partial charge < -0.3 is 10.6 Å². The molecule has 0 aliphatic rings. The zero-order valence-electron chi connectivity index (χ0n) is 14.1. The quantitative estimate of drug-likeness (QED) is 0.567. The summed E-state index contributed by atoms with van der Waals surface area (Å²) in [5.41, 5.74) is 0. The number of hydrogen-bond donors (Lipinski definition) is 2. The topological polar surface area (TPSA) is 62.2 Å². The molecular formula is C16H25N5S2. The van der Waals surface area contributed by atoms with Crippen molar-refractivity contribution in [1.29, 1.82) is 0 Å². The minimum atomic E-state index is 0.838. The minimum absolute atomic E-state index is 0.838. The van der Waals surface area contributed by atoms with Crippen molar-refractivity contribution in [3.05, 3.63) is 32.2 Å². The fraction of sp³-hybridized carbons (Fsp3) is 0.562. The van der Waals surface area contributed by atoms with Crippen LogP contribution in [0.15, 0.2) is 17.4 Å². The van der Waals surface area contributed by atoms with E-state index >= 15 is 0 Å². The van der Waals surface area contributed by atoms with Crippen molar-refractivity contribution in [3.8, 4) is 0 Å². The van der Waals surface area contributed by atoms with E-state index in [1.165, 1.54) is 19.8 Å². The summed E-state index contributed by atoms with van der Waals surface area (Å²) in [6.07, 6.45) is 7.93. The molecule has 0 saturated carbocycles. The molecule has 0 amide bonds. The van der Waals surface area contributed by atoms with Gasteiger partial charge >= 0.3 is 0 Å². The molecule has 2 rings (SSSR count). The van der Waals surface area contributed by atoms with Crippen LogP contribution in [-0.2, 0) is 25.7 Å². The highest BCUT2D eigenvalue weighted by atomic mass is 32.1. The molecule has 7 heteroatoms. The predicted molar refractivity (Wildman–Crippen MR) is 99.8 cm³/mol. The molecule has 2 heterocycles. The Hall–Kier alpha value is -1.47. The summed E-state index contributed by atoms with van der Waals surface area (Å²) >= 11 is 3.59. The highest BCUT2D eigenvalue weighted by molar-refractivity contribution is 7.11. The number of thiazole rings is 2. The zero-order chi connectivity index (χ0) is 16.5. The summed E-state index contributed by atoms with van der Waals surface area (Å²) in [6, 6.07) is 0. The van der Waals surface area contributed by atoms with Crippen molar-refractivity contribution in [2.75, 3.05) is 20.1 Å². The maximum Gasteiger partial charge on any atom is 0.191 e. The Balaban J connectivity index is 1.66. The molecule has 0 saturated heterocycles. The van der Waals surface area contributed by atoms with Gasteiger partial charge in [0.15, 0.2) is 5.96 Å². The number of aliphatic imine (C=N–C) groups is 1. The number of aryl methyl sites for hydroxylation is 2. The van der Waals surface area contributed by atoms with Crippen LogP contribution in [0.1, 0.15) is 33.6 Å². The normalized spacial score (nSPS) is 10.6. The third-order valence-electron chi connectivity index (χ3n) is 3.39. The number of rotatable bonds is 8. The lowest BCUT2D eigenvalue weighted by Crippen LogP contribution is -2.39. The first kappa shape index (κ1) is 17.9. The summed E-state index contributed by atoms with van der Waals surface area (Å²) in [6.45, 7) is 6.00. The lowest BCUT2D eigenvalue weighted by atomic mass is 10.4.